The molecular formula is C20H28N2O3. The molecule has 1 atom stereocenters. The molecule has 0 spiro atoms. The molecule has 0 radical (unpaired) electrons. The molecule has 2 rings (SSSR count). The minimum absolute atomic E-state index is 0.0222. The Kier molecular flexibility index (Phi) is 7.04. The molecule has 0 unspecified atom stereocenters. The van der Waals surface area contributed by atoms with Gasteiger partial charge >= 0.3 is 0 Å². The highest BCUT2D eigenvalue weighted by atomic mass is 16.5. The molecule has 5 heteroatoms. The van der Waals surface area contributed by atoms with E-state index in [1.165, 1.54) is 0 Å². The number of likely N-dealkylation sites (tertiary alicyclic amines) is 1. The Morgan fingerprint density at radius 2 is 1.92 bits per heavy atom. The lowest BCUT2D eigenvalue weighted by Gasteiger charge is -2.21. The van der Waals surface area contributed by atoms with E-state index < -0.39 is 0 Å². The van der Waals surface area contributed by atoms with Crippen LogP contribution in [0.5, 0.6) is 5.75 Å². The molecule has 1 heterocycles. The van der Waals surface area contributed by atoms with Crippen molar-refractivity contribution in [3.8, 4) is 5.75 Å². The highest BCUT2D eigenvalue weighted by molar-refractivity contribution is 5.88. The minimum Gasteiger partial charge on any atom is -0.483 e. The summed E-state index contributed by atoms with van der Waals surface area (Å²) in [7, 11) is 0. The number of allylic oxidation sites excluding steroid dienone is 1. The summed E-state index contributed by atoms with van der Waals surface area (Å²) in [5.74, 6) is 0.558. The van der Waals surface area contributed by atoms with Gasteiger partial charge in [0, 0.05) is 24.7 Å². The Morgan fingerprint density at radius 3 is 2.56 bits per heavy atom. The number of nitrogens with one attached hydrogen (secondary N) is 1. The smallest absolute Gasteiger partial charge is 0.260 e. The Morgan fingerprint density at radius 1 is 1.24 bits per heavy atom. The van der Waals surface area contributed by atoms with Crippen LogP contribution < -0.4 is 10.1 Å². The number of carbonyl (C=O) groups is 2. The Labute approximate surface area is 150 Å². The molecule has 0 bridgehead atoms. The van der Waals surface area contributed by atoms with Crippen LogP contribution in [0.3, 0.4) is 0 Å². The number of nitrogens with zero attached hydrogens (tertiary/aromatic N) is 1. The van der Waals surface area contributed by atoms with Crippen molar-refractivity contribution < 1.29 is 14.3 Å². The van der Waals surface area contributed by atoms with Gasteiger partial charge in [-0.15, -0.1) is 0 Å². The van der Waals surface area contributed by atoms with Crippen molar-refractivity contribution in [3.05, 3.63) is 41.5 Å². The first-order valence-electron chi connectivity index (χ1n) is 8.96. The second-order valence-corrected chi connectivity index (χ2v) is 6.61. The Hall–Kier alpha value is -2.30. The second-order valence-electron chi connectivity index (χ2n) is 6.61. The summed E-state index contributed by atoms with van der Waals surface area (Å²) < 4.78 is 5.80. The van der Waals surface area contributed by atoms with Crippen molar-refractivity contribution in [2.75, 3.05) is 19.7 Å². The lowest BCUT2D eigenvalue weighted by molar-refractivity contribution is -0.132. The first kappa shape index (κ1) is 19.0. The van der Waals surface area contributed by atoms with Crippen LogP contribution in [-0.2, 0) is 9.59 Å². The summed E-state index contributed by atoms with van der Waals surface area (Å²) in [5, 5.41) is 3.01. The third kappa shape index (κ3) is 5.62. The van der Waals surface area contributed by atoms with Crippen molar-refractivity contribution in [3.63, 3.8) is 0 Å². The molecule has 1 aliphatic rings. The number of hydrogen-bond donors (Lipinski definition) is 1. The van der Waals surface area contributed by atoms with Gasteiger partial charge < -0.3 is 15.0 Å². The van der Waals surface area contributed by atoms with Crippen LogP contribution in [0.2, 0.25) is 0 Å². The quantitative estimate of drug-likeness (QED) is 0.773. The fourth-order valence-corrected chi connectivity index (χ4v) is 2.97. The van der Waals surface area contributed by atoms with E-state index in [0.717, 1.165) is 43.5 Å². The van der Waals surface area contributed by atoms with E-state index in [-0.39, 0.29) is 24.5 Å². The predicted octanol–water partition coefficient (Wildman–Crippen LogP) is 3.22. The molecule has 1 aromatic rings. The molecule has 25 heavy (non-hydrogen) atoms. The van der Waals surface area contributed by atoms with E-state index in [1.807, 2.05) is 49.9 Å². The van der Waals surface area contributed by atoms with Gasteiger partial charge in [-0.1, -0.05) is 30.7 Å². The summed E-state index contributed by atoms with van der Waals surface area (Å²) in [4.78, 5) is 26.1. The van der Waals surface area contributed by atoms with Crippen LogP contribution in [0.4, 0.5) is 0 Å². The van der Waals surface area contributed by atoms with Crippen LogP contribution in [-0.4, -0.2) is 36.4 Å². The van der Waals surface area contributed by atoms with E-state index in [4.69, 9.17) is 4.74 Å². The third-order valence-electron chi connectivity index (χ3n) is 4.25. The Balaban J connectivity index is 2.05. The van der Waals surface area contributed by atoms with Crippen LogP contribution in [0.25, 0.3) is 0 Å². The average Bonchev–Trinajstić information content (AvgIpc) is 3.12. The van der Waals surface area contributed by atoms with Gasteiger partial charge in [-0.05, 0) is 39.2 Å². The lowest BCUT2D eigenvalue weighted by atomic mass is 10.0. The van der Waals surface area contributed by atoms with E-state index in [2.05, 4.69) is 5.32 Å². The van der Waals surface area contributed by atoms with Crippen molar-refractivity contribution in [1.82, 2.24) is 10.2 Å². The number of rotatable bonds is 7. The van der Waals surface area contributed by atoms with Gasteiger partial charge in [0.05, 0.1) is 6.04 Å². The van der Waals surface area contributed by atoms with Gasteiger partial charge in [0.25, 0.3) is 5.91 Å². The zero-order valence-electron chi connectivity index (χ0n) is 15.4. The zero-order chi connectivity index (χ0) is 18.2. The molecule has 1 N–H and O–H groups in total. The highest BCUT2D eigenvalue weighted by Gasteiger charge is 2.20. The molecule has 2 amide bonds. The zero-order valence-corrected chi connectivity index (χ0v) is 15.4. The average molecular weight is 344 g/mol. The molecule has 0 saturated carbocycles. The molecule has 1 aromatic carbocycles. The monoisotopic (exact) mass is 344 g/mol. The van der Waals surface area contributed by atoms with Crippen LogP contribution in [0, 0.1) is 0 Å². The van der Waals surface area contributed by atoms with E-state index >= 15 is 0 Å². The maximum absolute atomic E-state index is 12.2. The number of ether oxygens (including phenoxy) is 1. The van der Waals surface area contributed by atoms with Crippen molar-refractivity contribution in [1.29, 1.82) is 0 Å². The third-order valence-corrected chi connectivity index (χ3v) is 4.25. The number of amides is 2. The van der Waals surface area contributed by atoms with Crippen LogP contribution >= 0.6 is 0 Å². The molecule has 1 aliphatic heterocycles. The van der Waals surface area contributed by atoms with Crippen molar-refractivity contribution in [2.45, 2.75) is 46.1 Å². The van der Waals surface area contributed by atoms with Gasteiger partial charge in [-0.25, -0.2) is 0 Å². The summed E-state index contributed by atoms with van der Waals surface area (Å²) in [6.07, 6.45) is 4.46. The molecule has 5 nitrogen and oxygen atoms in total. The normalized spacial score (nSPS) is 14.8. The molecular weight excluding hydrogens is 316 g/mol. The van der Waals surface area contributed by atoms with Gasteiger partial charge in [0.1, 0.15) is 5.75 Å². The largest absolute Gasteiger partial charge is 0.483 e. The predicted molar refractivity (Wildman–Crippen MR) is 98.4 cm³/mol. The lowest BCUT2D eigenvalue weighted by Crippen LogP contribution is -2.32. The van der Waals surface area contributed by atoms with Gasteiger partial charge in [0.15, 0.2) is 6.61 Å². The molecule has 0 aromatic heterocycles. The fourth-order valence-electron chi connectivity index (χ4n) is 2.97. The molecule has 0 aliphatic carbocycles. The number of carbonyl (C=O) groups excluding carboxylic acids is 2. The summed E-state index contributed by atoms with van der Waals surface area (Å²) in [6, 6.07) is 7.43. The van der Waals surface area contributed by atoms with Crippen molar-refractivity contribution in [2.24, 2.45) is 0 Å². The van der Waals surface area contributed by atoms with E-state index in [0.29, 0.717) is 5.75 Å². The van der Waals surface area contributed by atoms with E-state index in [9.17, 15) is 9.59 Å². The number of benzene rings is 1. The maximum atomic E-state index is 12.2. The van der Waals surface area contributed by atoms with Gasteiger partial charge in [0.2, 0.25) is 5.91 Å². The minimum atomic E-state index is -0.152. The number of para-hydroxylation sites is 1. The second kappa shape index (κ2) is 9.25. The van der Waals surface area contributed by atoms with Crippen LogP contribution in [0.1, 0.15) is 51.6 Å². The summed E-state index contributed by atoms with van der Waals surface area (Å²) in [5.41, 5.74) is 1.85. The first-order valence-corrected chi connectivity index (χ1v) is 8.96. The standard InChI is InChI=1S/C20H28N2O3/c1-4-17(21-19(23)13-15(2)3)16-9-5-6-10-18(16)25-14-20(24)22-11-7-8-12-22/h5-6,9-10,13,17H,4,7-8,11-12,14H2,1-3H3,(H,21,23)/t17-/m0/s1. The van der Waals surface area contributed by atoms with Gasteiger partial charge in [-0.2, -0.15) is 0 Å². The summed E-state index contributed by atoms with van der Waals surface area (Å²) in [6.45, 7) is 7.47. The molecule has 1 fully saturated rings. The van der Waals surface area contributed by atoms with Gasteiger partial charge in [-0.3, -0.25) is 9.59 Å². The van der Waals surface area contributed by atoms with Crippen molar-refractivity contribution >= 4 is 11.8 Å². The topological polar surface area (TPSA) is 58.6 Å². The van der Waals surface area contributed by atoms with E-state index in [1.54, 1.807) is 6.08 Å². The molecule has 136 valence electrons. The first-order chi connectivity index (χ1) is 12.0. The highest BCUT2D eigenvalue weighted by Crippen LogP contribution is 2.27. The fraction of sp³-hybridized carbons (Fsp3) is 0.500. The Bertz CT molecular complexity index is 630. The SMILES string of the molecule is CC[C@H](NC(=O)C=C(C)C)c1ccccc1OCC(=O)N1CCCC1. The maximum Gasteiger partial charge on any atom is 0.260 e. The van der Waals surface area contributed by atoms with Crippen LogP contribution in [0.15, 0.2) is 35.9 Å². The summed E-state index contributed by atoms with van der Waals surface area (Å²) >= 11 is 0. The molecule has 1 saturated heterocycles. The number of hydrogen-bond acceptors (Lipinski definition) is 3.